The number of anilines is 1. The normalized spacial score (nSPS) is 10.0. The summed E-state index contributed by atoms with van der Waals surface area (Å²) in [5.41, 5.74) is 2.02. The van der Waals surface area contributed by atoms with E-state index >= 15 is 0 Å². The SMILES string of the molecule is CNC(=O)COc1cccc(NCc2cccc(Cl)c2)c1. The third-order valence-corrected chi connectivity index (χ3v) is 3.10. The molecule has 0 spiro atoms. The van der Waals surface area contributed by atoms with Crippen molar-refractivity contribution in [3.63, 3.8) is 0 Å². The molecule has 0 aliphatic heterocycles. The predicted molar refractivity (Wildman–Crippen MR) is 84.8 cm³/mol. The van der Waals surface area contributed by atoms with Crippen LogP contribution >= 0.6 is 11.6 Å². The van der Waals surface area contributed by atoms with Crippen molar-refractivity contribution in [2.75, 3.05) is 19.0 Å². The molecule has 0 unspecified atom stereocenters. The average Bonchev–Trinajstić information content (AvgIpc) is 2.51. The van der Waals surface area contributed by atoms with Crippen LogP contribution in [0.15, 0.2) is 48.5 Å². The quantitative estimate of drug-likeness (QED) is 0.862. The Morgan fingerprint density at radius 1 is 1.19 bits per heavy atom. The minimum atomic E-state index is -0.160. The zero-order valence-corrected chi connectivity index (χ0v) is 12.5. The highest BCUT2D eigenvalue weighted by molar-refractivity contribution is 6.30. The fourth-order valence-corrected chi connectivity index (χ4v) is 1.98. The molecule has 0 heterocycles. The van der Waals surface area contributed by atoms with Crippen molar-refractivity contribution in [3.05, 3.63) is 59.1 Å². The van der Waals surface area contributed by atoms with E-state index in [-0.39, 0.29) is 12.5 Å². The van der Waals surface area contributed by atoms with Crippen molar-refractivity contribution in [3.8, 4) is 5.75 Å². The maximum absolute atomic E-state index is 11.1. The number of ether oxygens (including phenoxy) is 1. The van der Waals surface area contributed by atoms with Crippen molar-refractivity contribution in [2.24, 2.45) is 0 Å². The highest BCUT2D eigenvalue weighted by atomic mass is 35.5. The molecule has 5 heteroatoms. The van der Waals surface area contributed by atoms with Crippen LogP contribution in [0.2, 0.25) is 5.02 Å². The second-order valence-corrected chi connectivity index (χ2v) is 4.91. The van der Waals surface area contributed by atoms with Gasteiger partial charge in [0.2, 0.25) is 0 Å². The molecule has 0 fully saturated rings. The third kappa shape index (κ3) is 5.00. The number of hydrogen-bond acceptors (Lipinski definition) is 3. The number of carbonyl (C=O) groups excluding carboxylic acids is 1. The molecular weight excluding hydrogens is 288 g/mol. The van der Waals surface area contributed by atoms with Gasteiger partial charge in [0.15, 0.2) is 6.61 Å². The van der Waals surface area contributed by atoms with Gasteiger partial charge in [0.05, 0.1) is 0 Å². The zero-order chi connectivity index (χ0) is 15.1. The summed E-state index contributed by atoms with van der Waals surface area (Å²) in [5, 5.41) is 6.52. The van der Waals surface area contributed by atoms with Gasteiger partial charge in [-0.25, -0.2) is 0 Å². The molecule has 2 rings (SSSR count). The van der Waals surface area contributed by atoms with Gasteiger partial charge in [-0.2, -0.15) is 0 Å². The maximum Gasteiger partial charge on any atom is 0.257 e. The number of carbonyl (C=O) groups is 1. The van der Waals surface area contributed by atoms with Gasteiger partial charge in [0.25, 0.3) is 5.91 Å². The van der Waals surface area contributed by atoms with Gasteiger partial charge in [-0.1, -0.05) is 29.8 Å². The Morgan fingerprint density at radius 3 is 2.76 bits per heavy atom. The summed E-state index contributed by atoms with van der Waals surface area (Å²) in [5.74, 6) is 0.488. The fraction of sp³-hybridized carbons (Fsp3) is 0.188. The lowest BCUT2D eigenvalue weighted by molar-refractivity contribution is -0.122. The fourth-order valence-electron chi connectivity index (χ4n) is 1.77. The summed E-state index contributed by atoms with van der Waals surface area (Å²) in [6.07, 6.45) is 0. The lowest BCUT2D eigenvalue weighted by atomic mass is 10.2. The van der Waals surface area contributed by atoms with E-state index in [0.717, 1.165) is 16.3 Å². The molecule has 0 bridgehead atoms. The third-order valence-electron chi connectivity index (χ3n) is 2.87. The summed E-state index contributed by atoms with van der Waals surface area (Å²) >= 11 is 5.95. The van der Waals surface area contributed by atoms with Gasteiger partial charge in [0.1, 0.15) is 5.75 Å². The van der Waals surface area contributed by atoms with E-state index in [1.165, 1.54) is 0 Å². The molecule has 0 radical (unpaired) electrons. The minimum absolute atomic E-state index is 0.00818. The number of hydrogen-bond donors (Lipinski definition) is 2. The second kappa shape index (κ2) is 7.55. The van der Waals surface area contributed by atoms with Gasteiger partial charge in [-0.15, -0.1) is 0 Å². The zero-order valence-electron chi connectivity index (χ0n) is 11.7. The molecule has 0 saturated heterocycles. The van der Waals surface area contributed by atoms with Crippen LogP contribution in [-0.4, -0.2) is 19.6 Å². The molecule has 2 aromatic carbocycles. The Bertz CT molecular complexity index is 617. The maximum atomic E-state index is 11.1. The molecule has 2 N–H and O–H groups in total. The van der Waals surface area contributed by atoms with Crippen molar-refractivity contribution in [1.82, 2.24) is 5.32 Å². The molecule has 0 aliphatic carbocycles. The van der Waals surface area contributed by atoms with Crippen LogP contribution in [0.5, 0.6) is 5.75 Å². The van der Waals surface area contributed by atoms with Crippen molar-refractivity contribution in [2.45, 2.75) is 6.54 Å². The first-order valence-corrected chi connectivity index (χ1v) is 6.97. The first-order valence-electron chi connectivity index (χ1n) is 6.59. The molecule has 110 valence electrons. The molecule has 0 aromatic heterocycles. The average molecular weight is 305 g/mol. The molecule has 0 saturated carbocycles. The molecule has 0 atom stereocenters. The van der Waals surface area contributed by atoms with E-state index in [9.17, 15) is 4.79 Å². The van der Waals surface area contributed by atoms with Crippen molar-refractivity contribution in [1.29, 1.82) is 0 Å². The van der Waals surface area contributed by atoms with E-state index in [1.54, 1.807) is 7.05 Å². The molecular formula is C16H17ClN2O2. The van der Waals surface area contributed by atoms with E-state index in [2.05, 4.69) is 10.6 Å². The first kappa shape index (κ1) is 15.2. The molecule has 2 aromatic rings. The standard InChI is InChI=1S/C16H17ClN2O2/c1-18-16(20)11-21-15-7-3-6-14(9-15)19-10-12-4-2-5-13(17)8-12/h2-9,19H,10-11H2,1H3,(H,18,20). The van der Waals surface area contributed by atoms with Crippen molar-refractivity contribution >= 4 is 23.2 Å². The number of rotatable bonds is 6. The van der Waals surface area contributed by atoms with Crippen LogP contribution in [-0.2, 0) is 11.3 Å². The van der Waals surface area contributed by atoms with Crippen molar-refractivity contribution < 1.29 is 9.53 Å². The summed E-state index contributed by atoms with van der Waals surface area (Å²) in [4.78, 5) is 11.1. The summed E-state index contributed by atoms with van der Waals surface area (Å²) in [6.45, 7) is 0.674. The Kier molecular flexibility index (Phi) is 5.46. The van der Waals surface area contributed by atoms with E-state index < -0.39 is 0 Å². The molecule has 21 heavy (non-hydrogen) atoms. The summed E-state index contributed by atoms with van der Waals surface area (Å²) in [7, 11) is 1.58. The number of halogens is 1. The van der Waals surface area contributed by atoms with Gasteiger partial charge in [-0.3, -0.25) is 4.79 Å². The molecule has 4 nitrogen and oxygen atoms in total. The van der Waals surface area contributed by atoms with E-state index in [1.807, 2.05) is 48.5 Å². The predicted octanol–water partition coefficient (Wildman–Crippen LogP) is 3.08. The van der Waals surface area contributed by atoms with Gasteiger partial charge in [0, 0.05) is 30.4 Å². The molecule has 0 aliphatic rings. The Balaban J connectivity index is 1.93. The van der Waals surface area contributed by atoms with Crippen LogP contribution in [0.25, 0.3) is 0 Å². The largest absolute Gasteiger partial charge is 0.484 e. The van der Waals surface area contributed by atoms with E-state index in [0.29, 0.717) is 12.3 Å². The number of benzene rings is 2. The van der Waals surface area contributed by atoms with Crippen LogP contribution in [0, 0.1) is 0 Å². The minimum Gasteiger partial charge on any atom is -0.484 e. The lowest BCUT2D eigenvalue weighted by Crippen LogP contribution is -2.24. The summed E-state index contributed by atoms with van der Waals surface area (Å²) < 4.78 is 5.40. The highest BCUT2D eigenvalue weighted by Gasteiger charge is 2.01. The van der Waals surface area contributed by atoms with Crippen LogP contribution < -0.4 is 15.4 Å². The Morgan fingerprint density at radius 2 is 2.00 bits per heavy atom. The number of nitrogens with one attached hydrogen (secondary N) is 2. The monoisotopic (exact) mass is 304 g/mol. The Labute approximate surface area is 129 Å². The van der Waals surface area contributed by atoms with Gasteiger partial charge >= 0.3 is 0 Å². The van der Waals surface area contributed by atoms with E-state index in [4.69, 9.17) is 16.3 Å². The van der Waals surface area contributed by atoms with Crippen LogP contribution in [0.1, 0.15) is 5.56 Å². The van der Waals surface area contributed by atoms with Crippen LogP contribution in [0.4, 0.5) is 5.69 Å². The number of likely N-dealkylation sites (N-methyl/N-ethyl adjacent to an activating group) is 1. The highest BCUT2D eigenvalue weighted by Crippen LogP contribution is 2.18. The van der Waals surface area contributed by atoms with Gasteiger partial charge in [-0.05, 0) is 29.8 Å². The Hall–Kier alpha value is -2.20. The second-order valence-electron chi connectivity index (χ2n) is 4.47. The first-order chi connectivity index (χ1) is 10.2. The van der Waals surface area contributed by atoms with Crippen LogP contribution in [0.3, 0.4) is 0 Å². The molecule has 1 amide bonds. The van der Waals surface area contributed by atoms with Gasteiger partial charge < -0.3 is 15.4 Å². The number of amides is 1. The summed E-state index contributed by atoms with van der Waals surface area (Å²) in [6, 6.07) is 15.2. The smallest absolute Gasteiger partial charge is 0.257 e. The lowest BCUT2D eigenvalue weighted by Gasteiger charge is -2.10. The topological polar surface area (TPSA) is 50.4 Å².